The first-order chi connectivity index (χ1) is 10.1. The van der Waals surface area contributed by atoms with Crippen molar-refractivity contribution in [2.24, 2.45) is 0 Å². The molecular formula is C16H20ClFN2O. The van der Waals surface area contributed by atoms with Crippen LogP contribution in [0.25, 0.3) is 0 Å². The molecule has 1 aliphatic carbocycles. The Morgan fingerprint density at radius 1 is 1.29 bits per heavy atom. The van der Waals surface area contributed by atoms with Gasteiger partial charge in [0.05, 0.1) is 5.56 Å². The van der Waals surface area contributed by atoms with Gasteiger partial charge in [-0.1, -0.05) is 30.9 Å². The Bertz CT molecular complexity index is 538. The number of carbonyl (C=O) groups excluding carboxylic acids is 1. The molecule has 1 saturated heterocycles. The highest BCUT2D eigenvalue weighted by atomic mass is 35.5. The van der Waals surface area contributed by atoms with Gasteiger partial charge < -0.3 is 10.2 Å². The number of halogens is 2. The van der Waals surface area contributed by atoms with Crippen molar-refractivity contribution in [2.75, 3.05) is 19.6 Å². The summed E-state index contributed by atoms with van der Waals surface area (Å²) in [5.41, 5.74) is 0.108. The van der Waals surface area contributed by atoms with Gasteiger partial charge in [0.1, 0.15) is 5.82 Å². The van der Waals surface area contributed by atoms with E-state index in [-0.39, 0.29) is 17.0 Å². The molecule has 0 unspecified atom stereocenters. The van der Waals surface area contributed by atoms with E-state index in [1.54, 1.807) is 4.90 Å². The smallest absolute Gasteiger partial charge is 0.256 e. The van der Waals surface area contributed by atoms with E-state index < -0.39 is 5.82 Å². The van der Waals surface area contributed by atoms with Crippen molar-refractivity contribution < 1.29 is 9.18 Å². The maximum absolute atomic E-state index is 13.9. The van der Waals surface area contributed by atoms with E-state index in [9.17, 15) is 9.18 Å². The van der Waals surface area contributed by atoms with E-state index in [4.69, 9.17) is 11.6 Å². The number of nitrogens with one attached hydrogen (secondary N) is 1. The van der Waals surface area contributed by atoms with Gasteiger partial charge in [-0.25, -0.2) is 4.39 Å². The lowest BCUT2D eigenvalue weighted by molar-refractivity contribution is 0.0554. The predicted molar refractivity (Wildman–Crippen MR) is 81.1 cm³/mol. The van der Waals surface area contributed by atoms with E-state index in [1.807, 2.05) is 0 Å². The molecule has 114 valence electrons. The summed E-state index contributed by atoms with van der Waals surface area (Å²) >= 11 is 5.89. The van der Waals surface area contributed by atoms with Crippen molar-refractivity contribution in [3.05, 3.63) is 34.6 Å². The molecule has 0 aromatic heterocycles. The highest BCUT2D eigenvalue weighted by Gasteiger charge is 2.38. The molecule has 3 nitrogen and oxygen atoms in total. The SMILES string of the molecule is O=C(c1cc(Cl)ccc1F)N1CCNC2(CCCCC2)C1. The second kappa shape index (κ2) is 5.93. The molecule has 5 heteroatoms. The molecule has 0 radical (unpaired) electrons. The van der Waals surface area contributed by atoms with Crippen LogP contribution in [0.4, 0.5) is 4.39 Å². The third-order valence-corrected chi connectivity index (χ3v) is 4.87. The van der Waals surface area contributed by atoms with Gasteiger partial charge in [0.25, 0.3) is 5.91 Å². The van der Waals surface area contributed by atoms with Crippen LogP contribution in [0.5, 0.6) is 0 Å². The van der Waals surface area contributed by atoms with Crippen LogP contribution in [0.1, 0.15) is 42.5 Å². The molecule has 1 N–H and O–H groups in total. The Morgan fingerprint density at radius 3 is 2.81 bits per heavy atom. The van der Waals surface area contributed by atoms with Crippen molar-refractivity contribution in [1.82, 2.24) is 10.2 Å². The fourth-order valence-electron chi connectivity index (χ4n) is 3.52. The van der Waals surface area contributed by atoms with Crippen molar-refractivity contribution in [1.29, 1.82) is 0 Å². The van der Waals surface area contributed by atoms with Gasteiger partial charge in [-0.2, -0.15) is 0 Å². The quantitative estimate of drug-likeness (QED) is 0.864. The number of rotatable bonds is 1. The van der Waals surface area contributed by atoms with Gasteiger partial charge in [0.15, 0.2) is 0 Å². The van der Waals surface area contributed by atoms with E-state index in [0.717, 1.165) is 19.4 Å². The summed E-state index contributed by atoms with van der Waals surface area (Å²) in [4.78, 5) is 14.4. The average Bonchev–Trinajstić information content (AvgIpc) is 2.50. The van der Waals surface area contributed by atoms with Gasteiger partial charge in [-0.3, -0.25) is 4.79 Å². The Hall–Kier alpha value is -1.13. The van der Waals surface area contributed by atoms with E-state index in [0.29, 0.717) is 18.1 Å². The second-order valence-electron chi connectivity index (χ2n) is 6.12. The van der Waals surface area contributed by atoms with Gasteiger partial charge in [-0.15, -0.1) is 0 Å². The summed E-state index contributed by atoms with van der Waals surface area (Å²) in [6, 6.07) is 4.15. The molecule has 21 heavy (non-hydrogen) atoms. The Balaban J connectivity index is 1.79. The van der Waals surface area contributed by atoms with Crippen LogP contribution < -0.4 is 5.32 Å². The summed E-state index contributed by atoms with van der Waals surface area (Å²) in [6.07, 6.45) is 5.84. The first-order valence-electron chi connectivity index (χ1n) is 7.59. The lowest BCUT2D eigenvalue weighted by atomic mass is 9.80. The monoisotopic (exact) mass is 310 g/mol. The summed E-state index contributed by atoms with van der Waals surface area (Å²) in [5, 5.41) is 3.97. The fourth-order valence-corrected chi connectivity index (χ4v) is 3.70. The van der Waals surface area contributed by atoms with Crippen LogP contribution in [-0.2, 0) is 0 Å². The molecule has 0 bridgehead atoms. The molecule has 1 aromatic carbocycles. The number of hydrogen-bond donors (Lipinski definition) is 1. The van der Waals surface area contributed by atoms with Crippen molar-refractivity contribution >= 4 is 17.5 Å². The summed E-state index contributed by atoms with van der Waals surface area (Å²) < 4.78 is 13.9. The summed E-state index contributed by atoms with van der Waals surface area (Å²) in [7, 11) is 0. The maximum Gasteiger partial charge on any atom is 0.256 e. The van der Waals surface area contributed by atoms with Gasteiger partial charge >= 0.3 is 0 Å². The van der Waals surface area contributed by atoms with Crippen LogP contribution in [0, 0.1) is 5.82 Å². The molecule has 2 aliphatic rings. The predicted octanol–water partition coefficient (Wildman–Crippen LogP) is 3.23. The lowest BCUT2D eigenvalue weighted by Crippen LogP contribution is -2.62. The van der Waals surface area contributed by atoms with Crippen LogP contribution in [-0.4, -0.2) is 36.0 Å². The van der Waals surface area contributed by atoms with Crippen molar-refractivity contribution in [3.63, 3.8) is 0 Å². The zero-order valence-corrected chi connectivity index (χ0v) is 12.8. The van der Waals surface area contributed by atoms with Crippen molar-refractivity contribution in [3.8, 4) is 0 Å². The number of benzene rings is 1. The third kappa shape index (κ3) is 3.06. The van der Waals surface area contributed by atoms with E-state index in [1.165, 1.54) is 37.5 Å². The number of nitrogens with zero attached hydrogens (tertiary/aromatic N) is 1. The number of piperazine rings is 1. The van der Waals surface area contributed by atoms with Crippen LogP contribution in [0.2, 0.25) is 5.02 Å². The molecule has 1 amide bonds. The molecular weight excluding hydrogens is 291 g/mol. The molecule has 1 heterocycles. The molecule has 0 atom stereocenters. The normalized spacial score (nSPS) is 21.5. The first-order valence-corrected chi connectivity index (χ1v) is 7.97. The third-order valence-electron chi connectivity index (χ3n) is 4.63. The van der Waals surface area contributed by atoms with Crippen LogP contribution in [0.15, 0.2) is 18.2 Å². The molecule has 1 spiro atoms. The highest BCUT2D eigenvalue weighted by molar-refractivity contribution is 6.31. The lowest BCUT2D eigenvalue weighted by Gasteiger charge is -2.46. The summed E-state index contributed by atoms with van der Waals surface area (Å²) in [6.45, 7) is 2.05. The first kappa shape index (κ1) is 14.8. The van der Waals surface area contributed by atoms with Gasteiger partial charge in [0, 0.05) is 30.2 Å². The average molecular weight is 311 g/mol. The Kier molecular flexibility index (Phi) is 4.18. The molecule has 1 saturated carbocycles. The Labute approximate surface area is 129 Å². The molecule has 1 aromatic rings. The van der Waals surface area contributed by atoms with Gasteiger partial charge in [-0.05, 0) is 31.0 Å². The minimum absolute atomic E-state index is 0.0290. The zero-order chi connectivity index (χ0) is 14.9. The minimum atomic E-state index is -0.499. The fraction of sp³-hybridized carbons (Fsp3) is 0.562. The molecule has 3 rings (SSSR count). The number of hydrogen-bond acceptors (Lipinski definition) is 2. The van der Waals surface area contributed by atoms with Gasteiger partial charge in [0.2, 0.25) is 0 Å². The standard InChI is InChI=1S/C16H20ClFN2O/c17-12-4-5-14(18)13(10-12)15(21)20-9-8-19-16(11-20)6-2-1-3-7-16/h4-5,10,19H,1-3,6-9,11H2. The largest absolute Gasteiger partial charge is 0.335 e. The highest BCUT2D eigenvalue weighted by Crippen LogP contribution is 2.31. The number of amides is 1. The minimum Gasteiger partial charge on any atom is -0.335 e. The van der Waals surface area contributed by atoms with Crippen molar-refractivity contribution in [2.45, 2.75) is 37.6 Å². The summed E-state index contributed by atoms with van der Waals surface area (Å²) in [5.74, 6) is -0.748. The second-order valence-corrected chi connectivity index (χ2v) is 6.56. The van der Waals surface area contributed by atoms with E-state index in [2.05, 4.69) is 5.32 Å². The Morgan fingerprint density at radius 2 is 2.05 bits per heavy atom. The van der Waals surface area contributed by atoms with E-state index >= 15 is 0 Å². The molecule has 1 aliphatic heterocycles. The topological polar surface area (TPSA) is 32.3 Å². The van der Waals surface area contributed by atoms with Crippen LogP contribution in [0.3, 0.4) is 0 Å². The van der Waals surface area contributed by atoms with Crippen LogP contribution >= 0.6 is 11.6 Å². The zero-order valence-electron chi connectivity index (χ0n) is 12.0. The number of carbonyl (C=O) groups is 1. The molecule has 2 fully saturated rings. The maximum atomic E-state index is 13.9.